The molecule has 0 aliphatic rings. The van der Waals surface area contributed by atoms with Gasteiger partial charge in [0.25, 0.3) is 0 Å². The molecule has 3 aromatic carbocycles. The molecule has 0 bridgehead atoms. The van der Waals surface area contributed by atoms with Crippen molar-refractivity contribution in [3.05, 3.63) is 101 Å². The second-order valence-corrected chi connectivity index (χ2v) is 8.56. The zero-order chi connectivity index (χ0) is 21.8. The van der Waals surface area contributed by atoms with Gasteiger partial charge < -0.3 is 5.32 Å². The minimum absolute atomic E-state index is 0.0933. The first kappa shape index (κ1) is 20.9. The lowest BCUT2D eigenvalue weighted by Crippen LogP contribution is -2.20. The number of anilines is 1. The van der Waals surface area contributed by atoms with Crippen molar-refractivity contribution < 1.29 is 4.79 Å². The molecule has 1 amide bonds. The van der Waals surface area contributed by atoms with Crippen molar-refractivity contribution in [3.8, 4) is 5.69 Å². The molecule has 0 fully saturated rings. The number of aryl methyl sites for hydroxylation is 3. The zero-order valence-corrected chi connectivity index (χ0v) is 18.6. The van der Waals surface area contributed by atoms with Gasteiger partial charge in [-0.05, 0) is 55.2 Å². The summed E-state index contributed by atoms with van der Waals surface area (Å²) in [6.07, 6.45) is 1.69. The van der Waals surface area contributed by atoms with E-state index in [0.717, 1.165) is 33.6 Å². The Balaban J connectivity index is 1.68. The number of aromatic nitrogens is 3. The molecule has 0 spiro atoms. The van der Waals surface area contributed by atoms with E-state index < -0.39 is 5.25 Å². The number of carbonyl (C=O) groups excluding carboxylic acids is 1. The lowest BCUT2D eigenvalue weighted by molar-refractivity contribution is -0.115. The number of hydrogen-bond donors (Lipinski definition) is 1. The van der Waals surface area contributed by atoms with Crippen LogP contribution in [0.25, 0.3) is 5.69 Å². The number of hydrogen-bond acceptors (Lipinski definition) is 4. The quantitative estimate of drug-likeness (QED) is 0.402. The van der Waals surface area contributed by atoms with Gasteiger partial charge in [-0.15, -0.1) is 10.2 Å². The summed E-state index contributed by atoms with van der Waals surface area (Å²) in [6.45, 7) is 6.06. The fourth-order valence-electron chi connectivity index (χ4n) is 3.38. The number of benzene rings is 3. The molecule has 1 N–H and O–H groups in total. The SMILES string of the molecule is Cc1ccc(C)c(NC(=O)C(Sc2nncn2-c2ccccc2C)c2ccccc2)c1. The van der Waals surface area contributed by atoms with Crippen molar-refractivity contribution in [3.63, 3.8) is 0 Å². The first-order valence-electron chi connectivity index (χ1n) is 10.1. The third-order valence-electron chi connectivity index (χ3n) is 5.11. The lowest BCUT2D eigenvalue weighted by atomic mass is 10.1. The fraction of sp³-hybridized carbons (Fsp3) is 0.160. The van der Waals surface area contributed by atoms with Crippen LogP contribution in [0.5, 0.6) is 0 Å². The van der Waals surface area contributed by atoms with Gasteiger partial charge in [-0.1, -0.05) is 72.4 Å². The minimum atomic E-state index is -0.479. The highest BCUT2D eigenvalue weighted by Crippen LogP contribution is 2.36. The molecule has 0 saturated carbocycles. The van der Waals surface area contributed by atoms with Crippen LogP contribution in [0.3, 0.4) is 0 Å². The van der Waals surface area contributed by atoms with Crippen molar-refractivity contribution in [2.24, 2.45) is 0 Å². The van der Waals surface area contributed by atoms with E-state index >= 15 is 0 Å². The predicted molar refractivity (Wildman–Crippen MR) is 126 cm³/mol. The summed E-state index contributed by atoms with van der Waals surface area (Å²) in [7, 11) is 0. The van der Waals surface area contributed by atoms with Crippen LogP contribution in [-0.4, -0.2) is 20.7 Å². The average molecular weight is 429 g/mol. The van der Waals surface area contributed by atoms with Gasteiger partial charge in [-0.3, -0.25) is 9.36 Å². The molecule has 1 heterocycles. The van der Waals surface area contributed by atoms with Gasteiger partial charge in [0.15, 0.2) is 5.16 Å². The number of nitrogens with zero attached hydrogens (tertiary/aromatic N) is 3. The Labute approximate surface area is 186 Å². The first-order valence-corrected chi connectivity index (χ1v) is 11.0. The Hall–Kier alpha value is -3.38. The molecule has 0 aliphatic heterocycles. The summed E-state index contributed by atoms with van der Waals surface area (Å²) in [4.78, 5) is 13.4. The van der Waals surface area contributed by atoms with Gasteiger partial charge in [-0.25, -0.2) is 0 Å². The van der Waals surface area contributed by atoms with Crippen LogP contribution >= 0.6 is 11.8 Å². The molecule has 31 heavy (non-hydrogen) atoms. The topological polar surface area (TPSA) is 59.8 Å². The summed E-state index contributed by atoms with van der Waals surface area (Å²) in [6, 6.07) is 23.9. The molecule has 6 heteroatoms. The number of para-hydroxylation sites is 1. The van der Waals surface area contributed by atoms with E-state index in [1.54, 1.807) is 6.33 Å². The normalized spacial score (nSPS) is 11.8. The molecule has 1 unspecified atom stereocenters. The van der Waals surface area contributed by atoms with Gasteiger partial charge >= 0.3 is 0 Å². The number of nitrogens with one attached hydrogen (secondary N) is 1. The van der Waals surface area contributed by atoms with Gasteiger partial charge in [-0.2, -0.15) is 0 Å². The standard InChI is InChI=1S/C25H24N4OS/c1-17-13-14-18(2)21(15-17)27-24(30)23(20-10-5-4-6-11-20)31-25-28-26-16-29(25)22-12-8-7-9-19(22)3/h4-16,23H,1-3H3,(H,27,30). The van der Waals surface area contributed by atoms with Crippen LogP contribution in [0, 0.1) is 20.8 Å². The second-order valence-electron chi connectivity index (χ2n) is 7.49. The van der Waals surface area contributed by atoms with Crippen molar-refractivity contribution in [1.29, 1.82) is 0 Å². The van der Waals surface area contributed by atoms with Crippen molar-refractivity contribution in [2.75, 3.05) is 5.32 Å². The number of amides is 1. The van der Waals surface area contributed by atoms with Crippen molar-refractivity contribution in [1.82, 2.24) is 14.8 Å². The zero-order valence-electron chi connectivity index (χ0n) is 17.7. The monoisotopic (exact) mass is 428 g/mol. The maximum absolute atomic E-state index is 13.4. The molecule has 0 radical (unpaired) electrons. The van der Waals surface area contributed by atoms with Gasteiger partial charge in [0.1, 0.15) is 11.6 Å². The molecule has 5 nitrogen and oxygen atoms in total. The highest BCUT2D eigenvalue weighted by atomic mass is 32.2. The summed E-state index contributed by atoms with van der Waals surface area (Å²) >= 11 is 1.39. The smallest absolute Gasteiger partial charge is 0.242 e. The van der Waals surface area contributed by atoms with E-state index in [1.165, 1.54) is 11.8 Å². The highest BCUT2D eigenvalue weighted by Gasteiger charge is 2.25. The number of thioether (sulfide) groups is 1. The molecule has 0 saturated heterocycles. The van der Waals surface area contributed by atoms with E-state index in [4.69, 9.17) is 0 Å². The third-order valence-corrected chi connectivity index (χ3v) is 6.32. The van der Waals surface area contributed by atoms with Crippen LogP contribution in [0.2, 0.25) is 0 Å². The molecule has 4 rings (SSSR count). The molecule has 156 valence electrons. The Kier molecular flexibility index (Phi) is 6.18. The van der Waals surface area contributed by atoms with E-state index in [0.29, 0.717) is 5.16 Å². The van der Waals surface area contributed by atoms with Crippen LogP contribution in [-0.2, 0) is 4.79 Å². The first-order chi connectivity index (χ1) is 15.0. The molecule has 0 aliphatic carbocycles. The van der Waals surface area contributed by atoms with E-state index in [2.05, 4.69) is 15.5 Å². The Morgan fingerprint density at radius 2 is 1.68 bits per heavy atom. The predicted octanol–water partition coefficient (Wildman–Crippen LogP) is 5.66. The highest BCUT2D eigenvalue weighted by molar-refractivity contribution is 8.00. The maximum Gasteiger partial charge on any atom is 0.242 e. The summed E-state index contributed by atoms with van der Waals surface area (Å²) in [5.41, 5.74) is 5.97. The number of carbonyl (C=O) groups is 1. The van der Waals surface area contributed by atoms with Gasteiger partial charge in [0.2, 0.25) is 5.91 Å². The lowest BCUT2D eigenvalue weighted by Gasteiger charge is -2.18. The van der Waals surface area contributed by atoms with Gasteiger partial charge in [0, 0.05) is 5.69 Å². The molecular weight excluding hydrogens is 404 g/mol. The Morgan fingerprint density at radius 1 is 0.935 bits per heavy atom. The number of rotatable bonds is 6. The summed E-state index contributed by atoms with van der Waals surface area (Å²) < 4.78 is 1.93. The fourth-order valence-corrected chi connectivity index (χ4v) is 4.40. The third kappa shape index (κ3) is 4.70. The maximum atomic E-state index is 13.4. The summed E-state index contributed by atoms with van der Waals surface area (Å²) in [5, 5.41) is 11.7. The second kappa shape index (κ2) is 9.18. The van der Waals surface area contributed by atoms with Crippen LogP contribution in [0.1, 0.15) is 27.5 Å². The van der Waals surface area contributed by atoms with Gasteiger partial charge in [0.05, 0.1) is 5.69 Å². The van der Waals surface area contributed by atoms with E-state index in [9.17, 15) is 4.79 Å². The molecule has 4 aromatic rings. The van der Waals surface area contributed by atoms with E-state index in [-0.39, 0.29) is 5.91 Å². The van der Waals surface area contributed by atoms with E-state index in [1.807, 2.05) is 98.1 Å². The average Bonchev–Trinajstić information content (AvgIpc) is 3.23. The van der Waals surface area contributed by atoms with Crippen LogP contribution < -0.4 is 5.32 Å². The van der Waals surface area contributed by atoms with Crippen LogP contribution in [0.4, 0.5) is 5.69 Å². The van der Waals surface area contributed by atoms with Crippen LogP contribution in [0.15, 0.2) is 84.3 Å². The van der Waals surface area contributed by atoms with Crippen molar-refractivity contribution >= 4 is 23.4 Å². The molecule has 1 aromatic heterocycles. The molecule has 1 atom stereocenters. The molecular formula is C25H24N4OS. The van der Waals surface area contributed by atoms with Crippen molar-refractivity contribution in [2.45, 2.75) is 31.2 Å². The Morgan fingerprint density at radius 3 is 2.45 bits per heavy atom. The largest absolute Gasteiger partial charge is 0.325 e. The Bertz CT molecular complexity index is 1200. The summed E-state index contributed by atoms with van der Waals surface area (Å²) in [5.74, 6) is -0.0933. The minimum Gasteiger partial charge on any atom is -0.325 e.